The highest BCUT2D eigenvalue weighted by atomic mass is 127. The zero-order valence-corrected chi connectivity index (χ0v) is 8.50. The molecule has 0 rings (SSSR count). The second-order valence-electron chi connectivity index (χ2n) is 1.40. The molecule has 0 amide bonds. The zero-order chi connectivity index (χ0) is 6.83. The Morgan fingerprint density at radius 1 is 1.25 bits per heavy atom. The van der Waals surface area contributed by atoms with Gasteiger partial charge in [0.15, 0.2) is 0 Å². The van der Waals surface area contributed by atoms with E-state index in [2.05, 4.69) is 29.5 Å². The van der Waals surface area contributed by atoms with Gasteiger partial charge in [0.25, 0.3) is 0 Å². The molecule has 0 unspecified atom stereocenters. The van der Waals surface area contributed by atoms with Crippen molar-refractivity contribution in [2.24, 2.45) is 0 Å². The molecule has 0 spiro atoms. The Kier molecular flexibility index (Phi) is 23.1. The number of halogens is 2. The summed E-state index contributed by atoms with van der Waals surface area (Å²) in [5, 5.41) is 0. The van der Waals surface area contributed by atoms with Crippen LogP contribution in [0.2, 0.25) is 0 Å². The molecule has 0 fully saturated rings. The Hall–Kier alpha value is 1.02. The Morgan fingerprint density at radius 2 is 1.75 bits per heavy atom. The normalized spacial score (nSPS) is 7.50. The van der Waals surface area contributed by atoms with Crippen molar-refractivity contribution >= 4 is 34.2 Å². The molecule has 0 aliphatic rings. The number of alkyl halides is 2. The molecule has 0 N–H and O–H groups in total. The van der Waals surface area contributed by atoms with Crippen LogP contribution in [0.15, 0.2) is 0 Å². The lowest BCUT2D eigenvalue weighted by Gasteiger charge is -1.84. The van der Waals surface area contributed by atoms with E-state index in [4.69, 9.17) is 11.6 Å². The minimum atomic E-state index is 0.827. The number of hydrogen-bond acceptors (Lipinski definition) is 0. The fourth-order valence-corrected chi connectivity index (χ4v) is 0.533. The first-order chi connectivity index (χ1) is 3.91. The van der Waals surface area contributed by atoms with Crippen LogP contribution in [-0.4, -0.2) is 10.8 Å². The number of hydrogen-bond donors (Lipinski definition) is 0. The first-order valence-corrected chi connectivity index (χ1v) is 5.54. The molecule has 0 radical (unpaired) electrons. The summed E-state index contributed by atoms with van der Waals surface area (Å²) in [7, 11) is 0. The Balaban J connectivity index is 0. The summed E-state index contributed by atoms with van der Waals surface area (Å²) in [5.41, 5.74) is 0. The summed E-state index contributed by atoms with van der Waals surface area (Å²) in [6.45, 7) is 2.17. The molecule has 2 heteroatoms. The maximum Gasteiger partial charge on any atom is 0.0223 e. The molecule has 0 atom stereocenters. The third-order valence-corrected chi connectivity index (χ3v) is 1.00. The van der Waals surface area contributed by atoms with Crippen LogP contribution in [0.1, 0.15) is 26.2 Å². The van der Waals surface area contributed by atoms with Crippen molar-refractivity contribution < 1.29 is 0 Å². The zero-order valence-electron chi connectivity index (χ0n) is 5.58. The van der Waals surface area contributed by atoms with E-state index >= 15 is 0 Å². The lowest BCUT2D eigenvalue weighted by atomic mass is 10.3. The topological polar surface area (TPSA) is 0 Å². The van der Waals surface area contributed by atoms with E-state index in [0.29, 0.717) is 0 Å². The van der Waals surface area contributed by atoms with Crippen LogP contribution < -0.4 is 0 Å². The second kappa shape index (κ2) is 15.7. The highest BCUT2D eigenvalue weighted by Gasteiger charge is 1.76. The molecule has 0 saturated carbocycles. The average Bonchev–Trinajstić information content (AvgIpc) is 1.88. The minimum absolute atomic E-state index is 0.827. The minimum Gasteiger partial charge on any atom is -0.127 e. The van der Waals surface area contributed by atoms with Crippen LogP contribution in [0.3, 0.4) is 0 Å². The Morgan fingerprint density at radius 3 is 1.88 bits per heavy atom. The van der Waals surface area contributed by atoms with Crippen LogP contribution in [0.5, 0.6) is 0 Å². The van der Waals surface area contributed by atoms with Gasteiger partial charge in [0, 0.05) is 5.88 Å². The van der Waals surface area contributed by atoms with Crippen molar-refractivity contribution in [1.29, 1.82) is 0 Å². The van der Waals surface area contributed by atoms with Gasteiger partial charge in [-0.3, -0.25) is 0 Å². The van der Waals surface area contributed by atoms with Crippen LogP contribution in [0.25, 0.3) is 0 Å². The lowest BCUT2D eigenvalue weighted by Crippen LogP contribution is -1.70. The second-order valence-corrected chi connectivity index (χ2v) is 1.77. The molecule has 0 saturated heterocycles. The summed E-state index contributed by atoms with van der Waals surface area (Å²) in [6, 6.07) is 0. The van der Waals surface area contributed by atoms with Crippen molar-refractivity contribution in [3.63, 3.8) is 0 Å². The molecule has 0 aromatic carbocycles. The van der Waals surface area contributed by atoms with Crippen LogP contribution in [-0.2, 0) is 0 Å². The molecule has 0 aliphatic heterocycles. The van der Waals surface area contributed by atoms with Gasteiger partial charge in [-0.15, -0.1) is 11.6 Å². The van der Waals surface area contributed by atoms with Crippen molar-refractivity contribution in [3.8, 4) is 0 Å². The molecule has 0 aromatic heterocycles. The van der Waals surface area contributed by atoms with Gasteiger partial charge < -0.3 is 0 Å². The van der Waals surface area contributed by atoms with Gasteiger partial charge in [-0.2, -0.15) is 0 Å². The summed E-state index contributed by atoms with van der Waals surface area (Å²) in [5.74, 6) is 0.827. The fourth-order valence-electron chi connectivity index (χ4n) is 0.344. The van der Waals surface area contributed by atoms with Crippen molar-refractivity contribution in [2.75, 3.05) is 10.8 Å². The Labute approximate surface area is 71.1 Å². The van der Waals surface area contributed by atoms with E-state index in [1.165, 1.54) is 19.3 Å². The monoisotopic (exact) mass is 248 g/mol. The SMILES string of the molecule is CCCCCCl.CI. The van der Waals surface area contributed by atoms with E-state index in [9.17, 15) is 0 Å². The van der Waals surface area contributed by atoms with Gasteiger partial charge in [-0.1, -0.05) is 42.4 Å². The molecule has 0 nitrogen and oxygen atoms in total. The third-order valence-electron chi connectivity index (χ3n) is 0.737. The first kappa shape index (κ1) is 11.8. The molecule has 0 heterocycles. The van der Waals surface area contributed by atoms with Crippen molar-refractivity contribution in [1.82, 2.24) is 0 Å². The summed E-state index contributed by atoms with van der Waals surface area (Å²) < 4.78 is 0. The summed E-state index contributed by atoms with van der Waals surface area (Å²) in [6.07, 6.45) is 3.73. The molecule has 0 aliphatic carbocycles. The standard InChI is InChI=1S/C5H11Cl.CH3I/c1-2-3-4-5-6;1-2/h2-5H2,1H3;1H3. The van der Waals surface area contributed by atoms with Gasteiger partial charge in [0.2, 0.25) is 0 Å². The summed E-state index contributed by atoms with van der Waals surface area (Å²) in [4.78, 5) is 1.97. The van der Waals surface area contributed by atoms with Gasteiger partial charge in [0.1, 0.15) is 0 Å². The quantitative estimate of drug-likeness (QED) is 0.408. The van der Waals surface area contributed by atoms with E-state index in [-0.39, 0.29) is 0 Å². The molecule has 8 heavy (non-hydrogen) atoms. The van der Waals surface area contributed by atoms with Crippen LogP contribution >= 0.6 is 34.2 Å². The van der Waals surface area contributed by atoms with E-state index < -0.39 is 0 Å². The molecule has 0 aromatic rings. The number of rotatable bonds is 3. The molecular formula is C6H14ClI. The Bertz CT molecular complexity index is 20.5. The first-order valence-electron chi connectivity index (χ1n) is 2.85. The fraction of sp³-hybridized carbons (Fsp3) is 1.00. The maximum atomic E-state index is 5.38. The van der Waals surface area contributed by atoms with Crippen LogP contribution in [0, 0.1) is 0 Å². The van der Waals surface area contributed by atoms with E-state index in [1.807, 2.05) is 4.93 Å². The predicted octanol–water partition coefficient (Wildman–Crippen LogP) is 3.47. The average molecular weight is 249 g/mol. The number of unbranched alkanes of at least 4 members (excludes halogenated alkanes) is 2. The van der Waals surface area contributed by atoms with Crippen molar-refractivity contribution in [3.05, 3.63) is 0 Å². The van der Waals surface area contributed by atoms with Crippen molar-refractivity contribution in [2.45, 2.75) is 26.2 Å². The van der Waals surface area contributed by atoms with E-state index in [1.54, 1.807) is 0 Å². The highest BCUT2D eigenvalue weighted by molar-refractivity contribution is 14.1. The maximum absolute atomic E-state index is 5.38. The van der Waals surface area contributed by atoms with Crippen LogP contribution in [0.4, 0.5) is 0 Å². The third kappa shape index (κ3) is 15.7. The molecular weight excluding hydrogens is 234 g/mol. The molecule has 0 bridgehead atoms. The van der Waals surface area contributed by atoms with Gasteiger partial charge in [-0.25, -0.2) is 0 Å². The smallest absolute Gasteiger partial charge is 0.0223 e. The summed E-state index contributed by atoms with van der Waals surface area (Å²) >= 11 is 7.53. The molecule has 52 valence electrons. The lowest BCUT2D eigenvalue weighted by molar-refractivity contribution is 0.776. The highest BCUT2D eigenvalue weighted by Crippen LogP contribution is 1.93. The largest absolute Gasteiger partial charge is 0.127 e. The predicted molar refractivity (Wildman–Crippen MR) is 50.2 cm³/mol. The van der Waals surface area contributed by atoms with Gasteiger partial charge in [0.05, 0.1) is 0 Å². The van der Waals surface area contributed by atoms with Gasteiger partial charge >= 0.3 is 0 Å². The van der Waals surface area contributed by atoms with Gasteiger partial charge in [-0.05, 0) is 11.4 Å². The van der Waals surface area contributed by atoms with E-state index in [0.717, 1.165) is 5.88 Å².